The van der Waals surface area contributed by atoms with Gasteiger partial charge in [0.15, 0.2) is 5.69 Å². The predicted molar refractivity (Wildman–Crippen MR) is 126 cm³/mol. The molecule has 9 heteroatoms. The van der Waals surface area contributed by atoms with Crippen molar-refractivity contribution in [3.05, 3.63) is 29.7 Å². The zero-order valence-corrected chi connectivity index (χ0v) is 20.1. The molecule has 34 heavy (non-hydrogen) atoms. The molecule has 186 valence electrons. The molecule has 8 nitrogen and oxygen atoms in total. The maximum absolute atomic E-state index is 14.8. The number of nitrogens with zero attached hydrogens (tertiary/aromatic N) is 2. The molecule has 0 radical (unpaired) electrons. The molecule has 2 fully saturated rings. The van der Waals surface area contributed by atoms with Crippen LogP contribution in [-0.2, 0) is 16.1 Å². The van der Waals surface area contributed by atoms with Crippen LogP contribution < -0.4 is 10.6 Å². The first-order valence-corrected chi connectivity index (χ1v) is 12.1. The van der Waals surface area contributed by atoms with E-state index in [2.05, 4.69) is 15.7 Å². The molecule has 0 spiro atoms. The number of aliphatic hydroxyl groups excluding tert-OH is 1. The Kier molecular flexibility index (Phi) is 7.23. The van der Waals surface area contributed by atoms with E-state index in [4.69, 9.17) is 4.74 Å². The van der Waals surface area contributed by atoms with Crippen LogP contribution >= 0.6 is 0 Å². The lowest BCUT2D eigenvalue weighted by atomic mass is 9.86. The summed E-state index contributed by atoms with van der Waals surface area (Å²) < 4.78 is 21.8. The van der Waals surface area contributed by atoms with E-state index in [1.54, 1.807) is 16.8 Å². The Bertz CT molecular complexity index is 1040. The van der Waals surface area contributed by atoms with E-state index in [9.17, 15) is 19.1 Å². The topological polar surface area (TPSA) is 105 Å². The van der Waals surface area contributed by atoms with E-state index in [-0.39, 0.29) is 30.0 Å². The molecule has 2 heterocycles. The van der Waals surface area contributed by atoms with Gasteiger partial charge in [-0.05, 0) is 48.5 Å². The number of carbonyl (C=O) groups excluding carboxylic acids is 2. The largest absolute Gasteiger partial charge is 0.396 e. The first-order chi connectivity index (χ1) is 16.2. The minimum Gasteiger partial charge on any atom is -0.396 e. The number of para-hydroxylation sites is 1. The summed E-state index contributed by atoms with van der Waals surface area (Å²) in [4.78, 5) is 26.3. The quantitative estimate of drug-likeness (QED) is 0.545. The van der Waals surface area contributed by atoms with Crippen LogP contribution in [0.3, 0.4) is 0 Å². The number of aromatic nitrogens is 2. The van der Waals surface area contributed by atoms with Crippen LogP contribution in [0.5, 0.6) is 0 Å². The van der Waals surface area contributed by atoms with Crippen molar-refractivity contribution in [3.63, 3.8) is 0 Å². The normalized spacial score (nSPS) is 21.9. The van der Waals surface area contributed by atoms with Crippen LogP contribution in [0.4, 0.5) is 4.39 Å². The second kappa shape index (κ2) is 10.00. The average molecular weight is 475 g/mol. The molecule has 1 saturated heterocycles. The first kappa shape index (κ1) is 24.6. The number of hydrogen-bond donors (Lipinski definition) is 3. The Hall–Kier alpha value is -2.52. The number of rotatable bonds is 8. The molecule has 2 amide bonds. The number of nitrogens with one attached hydrogen (secondary N) is 2. The van der Waals surface area contributed by atoms with Crippen molar-refractivity contribution in [1.82, 2.24) is 20.4 Å². The molecule has 3 atom stereocenters. The van der Waals surface area contributed by atoms with Gasteiger partial charge >= 0.3 is 0 Å². The van der Waals surface area contributed by atoms with Gasteiger partial charge in [0.1, 0.15) is 17.4 Å². The minimum absolute atomic E-state index is 0.117. The summed E-state index contributed by atoms with van der Waals surface area (Å²) in [6, 6.07) is 3.83. The maximum Gasteiger partial charge on any atom is 0.273 e. The highest BCUT2D eigenvalue weighted by atomic mass is 19.1. The molecule has 1 aromatic carbocycles. The van der Waals surface area contributed by atoms with Crippen LogP contribution in [0.25, 0.3) is 10.9 Å². The molecule has 0 bridgehead atoms. The molecule has 1 aliphatic carbocycles. The summed E-state index contributed by atoms with van der Waals surface area (Å²) in [6.07, 6.45) is 2.62. The summed E-state index contributed by atoms with van der Waals surface area (Å²) in [5.41, 5.74) is -0.128. The van der Waals surface area contributed by atoms with E-state index in [1.807, 2.05) is 20.8 Å². The van der Waals surface area contributed by atoms with Crippen molar-refractivity contribution >= 4 is 22.7 Å². The van der Waals surface area contributed by atoms with Crippen LogP contribution in [0.1, 0.15) is 50.5 Å². The molecule has 2 unspecified atom stereocenters. The van der Waals surface area contributed by atoms with E-state index in [0.717, 1.165) is 19.3 Å². The van der Waals surface area contributed by atoms with Gasteiger partial charge in [0.2, 0.25) is 5.91 Å². The van der Waals surface area contributed by atoms with Crippen LogP contribution in [0, 0.1) is 29.0 Å². The molecule has 4 rings (SSSR count). The number of hydrogen-bond acceptors (Lipinski definition) is 5. The highest BCUT2D eigenvalue weighted by Gasteiger charge is 2.39. The van der Waals surface area contributed by atoms with Gasteiger partial charge in [-0.1, -0.05) is 32.9 Å². The lowest BCUT2D eigenvalue weighted by Crippen LogP contribution is -2.54. The number of amides is 2. The van der Waals surface area contributed by atoms with E-state index in [1.165, 1.54) is 6.07 Å². The van der Waals surface area contributed by atoms with E-state index < -0.39 is 23.2 Å². The highest BCUT2D eigenvalue weighted by Crippen LogP contribution is 2.37. The lowest BCUT2D eigenvalue weighted by molar-refractivity contribution is -0.125. The molecule has 3 N–H and O–H groups in total. The van der Waals surface area contributed by atoms with Crippen molar-refractivity contribution in [2.24, 2.45) is 23.2 Å². The number of halogens is 1. The van der Waals surface area contributed by atoms with Gasteiger partial charge in [-0.3, -0.25) is 14.3 Å². The number of aliphatic hydroxyl groups is 1. The average Bonchev–Trinajstić information content (AvgIpc) is 3.47. The SMILES string of the molecule is CC(C)(C)C(NC(=O)c1nn(CC2CCOCC2)c2c(F)cccc12)C(=O)NC[C@H]1CC1CO. The Morgan fingerprint density at radius 3 is 2.65 bits per heavy atom. The molecule has 1 saturated carbocycles. The van der Waals surface area contributed by atoms with Gasteiger partial charge in [0.25, 0.3) is 5.91 Å². The second-order valence-electron chi connectivity index (χ2n) is 10.7. The molecule has 1 aliphatic heterocycles. The predicted octanol–water partition coefficient (Wildman–Crippen LogP) is 2.49. The third kappa shape index (κ3) is 5.41. The Morgan fingerprint density at radius 2 is 2.00 bits per heavy atom. The zero-order valence-electron chi connectivity index (χ0n) is 20.1. The lowest BCUT2D eigenvalue weighted by Gasteiger charge is -2.30. The Balaban J connectivity index is 1.54. The third-order valence-corrected chi connectivity index (χ3v) is 6.95. The smallest absolute Gasteiger partial charge is 0.273 e. The van der Waals surface area contributed by atoms with Crippen molar-refractivity contribution in [2.45, 2.75) is 52.6 Å². The standard InChI is InChI=1S/C25H35FN4O4/c1-25(2,3)22(24(33)27-12-16-11-17(16)14-31)28-23(32)20-18-5-4-6-19(26)21(18)30(29-20)13-15-7-9-34-10-8-15/h4-6,15-17,22,31H,7-14H2,1-3H3,(H,27,33)(H,28,32)/t16-,17?,22?/m1/s1. The van der Waals surface area contributed by atoms with Crippen LogP contribution in [0.2, 0.25) is 0 Å². The zero-order chi connectivity index (χ0) is 24.5. The van der Waals surface area contributed by atoms with Crippen molar-refractivity contribution < 1.29 is 23.8 Å². The monoisotopic (exact) mass is 474 g/mol. The summed E-state index contributed by atoms with van der Waals surface area (Å²) in [5.74, 6) is -0.394. The van der Waals surface area contributed by atoms with Gasteiger partial charge in [-0.2, -0.15) is 5.10 Å². The van der Waals surface area contributed by atoms with Gasteiger partial charge in [-0.25, -0.2) is 4.39 Å². The van der Waals surface area contributed by atoms with Gasteiger partial charge < -0.3 is 20.5 Å². The fraction of sp³-hybridized carbons (Fsp3) is 0.640. The van der Waals surface area contributed by atoms with E-state index in [0.29, 0.717) is 43.1 Å². The number of benzene rings is 1. The Morgan fingerprint density at radius 1 is 1.26 bits per heavy atom. The molecule has 2 aromatic rings. The molecule has 1 aromatic heterocycles. The number of ether oxygens (including phenoxy) is 1. The van der Waals surface area contributed by atoms with Gasteiger partial charge in [-0.15, -0.1) is 0 Å². The minimum atomic E-state index is -0.796. The summed E-state index contributed by atoms with van der Waals surface area (Å²) in [5, 5.41) is 19.9. The molecular formula is C25H35FN4O4. The second-order valence-corrected chi connectivity index (χ2v) is 10.7. The molecule has 2 aliphatic rings. The van der Waals surface area contributed by atoms with E-state index >= 15 is 0 Å². The number of fused-ring (bicyclic) bond motifs is 1. The Labute approximate surface area is 199 Å². The first-order valence-electron chi connectivity index (χ1n) is 12.1. The van der Waals surface area contributed by atoms with Crippen LogP contribution in [0.15, 0.2) is 18.2 Å². The van der Waals surface area contributed by atoms with Crippen molar-refractivity contribution in [3.8, 4) is 0 Å². The third-order valence-electron chi connectivity index (χ3n) is 6.95. The summed E-state index contributed by atoms with van der Waals surface area (Å²) in [7, 11) is 0. The summed E-state index contributed by atoms with van der Waals surface area (Å²) >= 11 is 0. The highest BCUT2D eigenvalue weighted by molar-refractivity contribution is 6.06. The van der Waals surface area contributed by atoms with Crippen molar-refractivity contribution in [2.75, 3.05) is 26.4 Å². The fourth-order valence-electron chi connectivity index (χ4n) is 4.66. The van der Waals surface area contributed by atoms with Crippen molar-refractivity contribution in [1.29, 1.82) is 0 Å². The van der Waals surface area contributed by atoms with Gasteiger partial charge in [0.05, 0.1) is 0 Å². The van der Waals surface area contributed by atoms with Crippen LogP contribution in [-0.4, -0.2) is 59.1 Å². The maximum atomic E-state index is 14.8. The molecular weight excluding hydrogens is 439 g/mol. The fourth-order valence-corrected chi connectivity index (χ4v) is 4.66. The van der Waals surface area contributed by atoms with Gasteiger partial charge in [0, 0.05) is 38.3 Å². The number of carbonyl (C=O) groups is 2. The summed E-state index contributed by atoms with van der Waals surface area (Å²) in [6.45, 7) is 8.08.